The summed E-state index contributed by atoms with van der Waals surface area (Å²) in [6, 6.07) is 9.29. The highest BCUT2D eigenvalue weighted by Crippen LogP contribution is 2.20. The van der Waals surface area contributed by atoms with E-state index in [9.17, 15) is 19.2 Å². The minimum absolute atomic E-state index is 0.00662. The van der Waals surface area contributed by atoms with Gasteiger partial charge in [-0.15, -0.1) is 0 Å². The third kappa shape index (κ3) is 6.39. The quantitative estimate of drug-likeness (QED) is 0.575. The standard InChI is InChI=1S/C25H36N6O4/c1-17(2)14-30(20(32)16-28-10-12-29(13-11-28)24(34)18(3)4)21-22(26)31(25(35)27-23(21)33)15-19-8-6-5-7-9-19/h5-9,17-18H,10-16,26H2,1-4H3,(H,27,33,35). The topological polar surface area (TPSA) is 125 Å². The predicted molar refractivity (Wildman–Crippen MR) is 136 cm³/mol. The molecule has 0 bridgehead atoms. The van der Waals surface area contributed by atoms with E-state index in [2.05, 4.69) is 4.98 Å². The van der Waals surface area contributed by atoms with Crippen LogP contribution < -0.4 is 21.9 Å². The Balaban J connectivity index is 1.84. The number of H-pyrrole nitrogens is 1. The Morgan fingerprint density at radius 2 is 1.66 bits per heavy atom. The Labute approximate surface area is 205 Å². The van der Waals surface area contributed by atoms with Gasteiger partial charge in [0.2, 0.25) is 11.8 Å². The number of nitrogens with one attached hydrogen (secondary N) is 1. The van der Waals surface area contributed by atoms with Crippen LogP contribution in [0.25, 0.3) is 0 Å². The second-order valence-corrected chi connectivity index (χ2v) is 9.72. The van der Waals surface area contributed by atoms with Crippen molar-refractivity contribution >= 4 is 23.3 Å². The lowest BCUT2D eigenvalue weighted by Crippen LogP contribution is -2.53. The van der Waals surface area contributed by atoms with E-state index in [1.807, 2.05) is 67.8 Å². The molecule has 1 saturated heterocycles. The average molecular weight is 485 g/mol. The fourth-order valence-electron chi connectivity index (χ4n) is 4.21. The number of nitrogens with two attached hydrogens (primary N) is 1. The normalized spacial score (nSPS) is 14.5. The van der Waals surface area contributed by atoms with Gasteiger partial charge >= 0.3 is 5.69 Å². The molecule has 1 aromatic carbocycles. The Kier molecular flexibility index (Phi) is 8.50. The van der Waals surface area contributed by atoms with Gasteiger partial charge in [0.05, 0.1) is 13.1 Å². The van der Waals surface area contributed by atoms with Gasteiger partial charge in [0, 0.05) is 38.6 Å². The number of benzene rings is 1. The van der Waals surface area contributed by atoms with E-state index in [-0.39, 0.29) is 54.8 Å². The predicted octanol–water partition coefficient (Wildman–Crippen LogP) is 0.956. The van der Waals surface area contributed by atoms with Crippen LogP contribution in [0, 0.1) is 11.8 Å². The van der Waals surface area contributed by atoms with E-state index < -0.39 is 11.2 Å². The zero-order valence-electron chi connectivity index (χ0n) is 21.0. The largest absolute Gasteiger partial charge is 0.383 e. The van der Waals surface area contributed by atoms with Crippen molar-refractivity contribution in [3.8, 4) is 0 Å². The maximum atomic E-state index is 13.4. The Morgan fingerprint density at radius 3 is 2.23 bits per heavy atom. The Bertz CT molecular complexity index is 1150. The molecule has 1 fully saturated rings. The molecule has 10 nitrogen and oxygen atoms in total. The number of carbonyl (C=O) groups is 2. The molecule has 1 aliphatic rings. The number of anilines is 2. The monoisotopic (exact) mass is 484 g/mol. The number of aromatic amines is 1. The fourth-order valence-corrected chi connectivity index (χ4v) is 4.21. The number of hydrogen-bond acceptors (Lipinski definition) is 6. The molecule has 1 aliphatic heterocycles. The van der Waals surface area contributed by atoms with Gasteiger partial charge in [0.15, 0.2) is 5.69 Å². The molecule has 2 heterocycles. The van der Waals surface area contributed by atoms with Crippen molar-refractivity contribution in [2.24, 2.45) is 11.8 Å². The van der Waals surface area contributed by atoms with Gasteiger partial charge in [0.1, 0.15) is 5.82 Å². The summed E-state index contributed by atoms with van der Waals surface area (Å²) >= 11 is 0. The molecular formula is C25H36N6O4. The van der Waals surface area contributed by atoms with Gasteiger partial charge in [-0.3, -0.25) is 28.8 Å². The molecule has 1 aromatic heterocycles. The lowest BCUT2D eigenvalue weighted by atomic mass is 10.1. The number of carbonyl (C=O) groups excluding carboxylic acids is 2. The van der Waals surface area contributed by atoms with Crippen LogP contribution >= 0.6 is 0 Å². The van der Waals surface area contributed by atoms with Crippen LogP contribution in [0.2, 0.25) is 0 Å². The number of nitrogen functional groups attached to an aromatic ring is 1. The van der Waals surface area contributed by atoms with Crippen LogP contribution in [0.5, 0.6) is 0 Å². The van der Waals surface area contributed by atoms with Crippen LogP contribution in [0.3, 0.4) is 0 Å². The lowest BCUT2D eigenvalue weighted by Gasteiger charge is -2.36. The van der Waals surface area contributed by atoms with Crippen LogP contribution in [0.1, 0.15) is 33.3 Å². The highest BCUT2D eigenvalue weighted by Gasteiger charge is 2.29. The SMILES string of the molecule is CC(C)CN(C(=O)CN1CCN(C(=O)C(C)C)CC1)c1c(N)n(Cc2ccccc2)c(=O)[nH]c1=O. The average Bonchev–Trinajstić information content (AvgIpc) is 2.81. The first-order chi connectivity index (χ1) is 16.6. The Hall–Kier alpha value is -3.40. The van der Waals surface area contributed by atoms with Gasteiger partial charge in [-0.05, 0) is 11.5 Å². The number of aromatic nitrogens is 2. The molecule has 35 heavy (non-hydrogen) atoms. The fraction of sp³-hybridized carbons (Fsp3) is 0.520. The molecule has 190 valence electrons. The third-order valence-electron chi connectivity index (χ3n) is 6.05. The minimum atomic E-state index is -0.682. The molecule has 3 rings (SSSR count). The van der Waals surface area contributed by atoms with Crippen molar-refractivity contribution in [1.29, 1.82) is 0 Å². The molecule has 0 aliphatic carbocycles. The number of rotatable bonds is 8. The van der Waals surface area contributed by atoms with Gasteiger partial charge in [-0.2, -0.15) is 0 Å². The molecule has 0 atom stereocenters. The van der Waals surface area contributed by atoms with Gasteiger partial charge in [-0.1, -0.05) is 58.0 Å². The zero-order valence-corrected chi connectivity index (χ0v) is 21.0. The molecule has 2 amide bonds. The summed E-state index contributed by atoms with van der Waals surface area (Å²) in [5, 5.41) is 0. The van der Waals surface area contributed by atoms with E-state index in [0.717, 1.165) is 5.56 Å². The molecule has 2 aromatic rings. The van der Waals surface area contributed by atoms with Gasteiger partial charge in [-0.25, -0.2) is 4.79 Å². The van der Waals surface area contributed by atoms with Crippen molar-refractivity contribution in [3.05, 3.63) is 56.7 Å². The summed E-state index contributed by atoms with van der Waals surface area (Å²) in [5.41, 5.74) is 5.88. The molecule has 10 heteroatoms. The first kappa shape index (κ1) is 26.2. The van der Waals surface area contributed by atoms with E-state index >= 15 is 0 Å². The second-order valence-electron chi connectivity index (χ2n) is 9.72. The third-order valence-corrected chi connectivity index (χ3v) is 6.05. The molecule has 0 unspecified atom stereocenters. The highest BCUT2D eigenvalue weighted by molar-refractivity contribution is 5.97. The summed E-state index contributed by atoms with van der Waals surface area (Å²) in [6.45, 7) is 10.4. The van der Waals surface area contributed by atoms with Crippen molar-refractivity contribution in [3.63, 3.8) is 0 Å². The Morgan fingerprint density at radius 1 is 1.03 bits per heavy atom. The number of nitrogens with zero attached hydrogens (tertiary/aromatic N) is 4. The molecule has 0 saturated carbocycles. The zero-order chi connectivity index (χ0) is 25.7. The molecule has 3 N–H and O–H groups in total. The summed E-state index contributed by atoms with van der Waals surface area (Å²) < 4.78 is 1.28. The minimum Gasteiger partial charge on any atom is -0.383 e. The molecule has 0 spiro atoms. The number of piperazine rings is 1. The van der Waals surface area contributed by atoms with Crippen molar-refractivity contribution in [1.82, 2.24) is 19.4 Å². The lowest BCUT2D eigenvalue weighted by molar-refractivity contribution is -0.136. The molecular weight excluding hydrogens is 448 g/mol. The first-order valence-electron chi connectivity index (χ1n) is 12.1. The maximum absolute atomic E-state index is 13.4. The van der Waals surface area contributed by atoms with Crippen LogP contribution in [-0.4, -0.2) is 70.4 Å². The summed E-state index contributed by atoms with van der Waals surface area (Å²) in [5.74, 6) is -0.204. The van der Waals surface area contributed by atoms with Gasteiger partial charge in [0.25, 0.3) is 5.56 Å². The van der Waals surface area contributed by atoms with Crippen molar-refractivity contribution < 1.29 is 9.59 Å². The van der Waals surface area contributed by atoms with E-state index in [4.69, 9.17) is 5.73 Å². The number of hydrogen-bond donors (Lipinski definition) is 2. The van der Waals surface area contributed by atoms with Crippen molar-refractivity contribution in [2.75, 3.05) is 49.9 Å². The smallest absolute Gasteiger partial charge is 0.330 e. The second kappa shape index (κ2) is 11.4. The van der Waals surface area contributed by atoms with Gasteiger partial charge < -0.3 is 15.5 Å². The summed E-state index contributed by atoms with van der Waals surface area (Å²) in [4.78, 5) is 58.6. The van der Waals surface area contributed by atoms with Crippen molar-refractivity contribution in [2.45, 2.75) is 34.2 Å². The van der Waals surface area contributed by atoms with Crippen LogP contribution in [0.4, 0.5) is 11.5 Å². The number of amides is 2. The van der Waals surface area contributed by atoms with E-state index in [1.165, 1.54) is 9.47 Å². The molecule has 0 radical (unpaired) electrons. The highest BCUT2D eigenvalue weighted by atomic mass is 16.2. The summed E-state index contributed by atoms with van der Waals surface area (Å²) in [7, 11) is 0. The van der Waals surface area contributed by atoms with E-state index in [1.54, 1.807) is 0 Å². The first-order valence-corrected chi connectivity index (χ1v) is 12.1. The maximum Gasteiger partial charge on any atom is 0.330 e. The summed E-state index contributed by atoms with van der Waals surface area (Å²) in [6.07, 6.45) is 0. The van der Waals surface area contributed by atoms with Crippen LogP contribution in [0.15, 0.2) is 39.9 Å². The van der Waals surface area contributed by atoms with E-state index in [0.29, 0.717) is 26.2 Å². The van der Waals surface area contributed by atoms with Crippen LogP contribution in [-0.2, 0) is 16.1 Å².